The van der Waals surface area contributed by atoms with Crippen molar-refractivity contribution in [1.82, 2.24) is 5.32 Å². The summed E-state index contributed by atoms with van der Waals surface area (Å²) in [4.78, 5) is 12.0. The summed E-state index contributed by atoms with van der Waals surface area (Å²) in [5.41, 5.74) is 0.432. The maximum Gasteiger partial charge on any atom is 0.223 e. The molecule has 0 saturated heterocycles. The lowest BCUT2D eigenvalue weighted by Crippen LogP contribution is -2.31. The normalized spacial score (nSPS) is 23.1. The van der Waals surface area contributed by atoms with Crippen LogP contribution in [0, 0.1) is 17.7 Å². The molecular weight excluding hydrogens is 253 g/mol. The third kappa shape index (κ3) is 2.83. The molecule has 18 heavy (non-hydrogen) atoms. The number of halogens is 2. The number of benzene rings is 1. The fraction of sp³-hybridized carbons (Fsp3) is 0.500. The predicted octanol–water partition coefficient (Wildman–Crippen LogP) is 3.53. The van der Waals surface area contributed by atoms with Crippen LogP contribution < -0.4 is 5.32 Å². The van der Waals surface area contributed by atoms with Gasteiger partial charge in [0, 0.05) is 18.0 Å². The van der Waals surface area contributed by atoms with Crippen LogP contribution in [-0.4, -0.2) is 5.91 Å². The van der Waals surface area contributed by atoms with E-state index in [1.807, 2.05) is 0 Å². The Morgan fingerprint density at radius 3 is 2.94 bits per heavy atom. The minimum atomic E-state index is -0.445. The van der Waals surface area contributed by atoms with Crippen LogP contribution in [-0.2, 0) is 11.3 Å². The summed E-state index contributed by atoms with van der Waals surface area (Å²) >= 11 is 5.69. The minimum absolute atomic E-state index is 0.0272. The monoisotopic (exact) mass is 269 g/mol. The average molecular weight is 270 g/mol. The van der Waals surface area contributed by atoms with Crippen LogP contribution >= 0.6 is 11.6 Å². The van der Waals surface area contributed by atoms with Gasteiger partial charge in [0.05, 0.1) is 5.02 Å². The zero-order valence-electron chi connectivity index (χ0n) is 10.4. The molecule has 0 radical (unpaired) electrons. The zero-order chi connectivity index (χ0) is 13.1. The Balaban J connectivity index is 1.95. The second kappa shape index (κ2) is 5.70. The van der Waals surface area contributed by atoms with Gasteiger partial charge in [0.2, 0.25) is 5.91 Å². The van der Waals surface area contributed by atoms with Gasteiger partial charge in [-0.25, -0.2) is 4.39 Å². The summed E-state index contributed by atoms with van der Waals surface area (Å²) in [6, 6.07) is 4.83. The fourth-order valence-electron chi connectivity index (χ4n) is 2.53. The van der Waals surface area contributed by atoms with Gasteiger partial charge in [0.15, 0.2) is 0 Å². The molecule has 4 heteroatoms. The Kier molecular flexibility index (Phi) is 4.23. The van der Waals surface area contributed by atoms with Gasteiger partial charge < -0.3 is 5.32 Å². The lowest BCUT2D eigenvalue weighted by molar-refractivity contribution is -0.126. The lowest BCUT2D eigenvalue weighted by Gasteiger charge is -2.15. The van der Waals surface area contributed by atoms with Crippen LogP contribution in [0.2, 0.25) is 5.02 Å². The number of rotatable bonds is 3. The molecule has 2 atom stereocenters. The molecule has 2 rings (SSSR count). The topological polar surface area (TPSA) is 29.1 Å². The number of carbonyl (C=O) groups excluding carboxylic acids is 1. The largest absolute Gasteiger partial charge is 0.352 e. The van der Waals surface area contributed by atoms with Crippen LogP contribution in [0.25, 0.3) is 0 Å². The molecule has 1 aromatic carbocycles. The maximum absolute atomic E-state index is 13.6. The highest BCUT2D eigenvalue weighted by molar-refractivity contribution is 6.30. The highest BCUT2D eigenvalue weighted by atomic mass is 35.5. The van der Waals surface area contributed by atoms with Crippen LogP contribution in [0.1, 0.15) is 31.7 Å². The zero-order valence-corrected chi connectivity index (χ0v) is 11.1. The first-order valence-corrected chi connectivity index (χ1v) is 6.68. The first kappa shape index (κ1) is 13.3. The second-order valence-electron chi connectivity index (χ2n) is 4.95. The van der Waals surface area contributed by atoms with Gasteiger partial charge in [0.1, 0.15) is 5.82 Å². The molecule has 0 spiro atoms. The summed E-state index contributed by atoms with van der Waals surface area (Å²) in [5.74, 6) is 0.0831. The molecule has 1 aromatic rings. The Bertz CT molecular complexity index is 449. The smallest absolute Gasteiger partial charge is 0.223 e. The minimum Gasteiger partial charge on any atom is -0.352 e. The third-order valence-electron chi connectivity index (χ3n) is 3.68. The molecule has 2 nitrogen and oxygen atoms in total. The van der Waals surface area contributed by atoms with Gasteiger partial charge in [-0.2, -0.15) is 0 Å². The first-order valence-electron chi connectivity index (χ1n) is 6.30. The highest BCUT2D eigenvalue weighted by Crippen LogP contribution is 2.31. The number of amides is 1. The summed E-state index contributed by atoms with van der Waals surface area (Å²) in [7, 11) is 0. The number of hydrogen-bond donors (Lipinski definition) is 1. The number of carbonyl (C=O) groups is 1. The highest BCUT2D eigenvalue weighted by Gasteiger charge is 2.29. The number of hydrogen-bond acceptors (Lipinski definition) is 1. The van der Waals surface area contributed by atoms with E-state index in [0.717, 1.165) is 19.3 Å². The van der Waals surface area contributed by atoms with E-state index in [9.17, 15) is 9.18 Å². The van der Waals surface area contributed by atoms with Crippen molar-refractivity contribution in [1.29, 1.82) is 0 Å². The predicted molar refractivity (Wildman–Crippen MR) is 69.8 cm³/mol. The molecular formula is C14H17ClFNO. The molecule has 0 heterocycles. The summed E-state index contributed by atoms with van der Waals surface area (Å²) in [5, 5.41) is 2.90. The third-order valence-corrected chi connectivity index (χ3v) is 3.97. The molecule has 1 aliphatic carbocycles. The molecule has 0 aliphatic heterocycles. The quantitative estimate of drug-likeness (QED) is 0.894. The van der Waals surface area contributed by atoms with E-state index >= 15 is 0 Å². The molecule has 0 aromatic heterocycles. The Hall–Kier alpha value is -1.09. The van der Waals surface area contributed by atoms with Gasteiger partial charge in [-0.05, 0) is 24.8 Å². The van der Waals surface area contributed by atoms with Crippen LogP contribution in [0.4, 0.5) is 4.39 Å². The van der Waals surface area contributed by atoms with Crippen molar-refractivity contribution in [3.05, 3.63) is 34.6 Å². The van der Waals surface area contributed by atoms with Gasteiger partial charge in [-0.1, -0.05) is 37.1 Å². The molecule has 0 bridgehead atoms. The Morgan fingerprint density at radius 2 is 2.28 bits per heavy atom. The molecule has 1 N–H and O–H groups in total. The fourth-order valence-corrected chi connectivity index (χ4v) is 2.73. The second-order valence-corrected chi connectivity index (χ2v) is 5.35. The number of nitrogens with one attached hydrogen (secondary N) is 1. The standard InChI is InChI=1S/C14H17ClFNO/c1-9-4-2-6-11(9)14(18)17-8-10-5-3-7-12(15)13(10)16/h3,5,7,9,11H,2,4,6,8H2,1H3,(H,17,18)/t9-,11-/m1/s1. The van der Waals surface area contributed by atoms with Crippen molar-refractivity contribution in [3.63, 3.8) is 0 Å². The van der Waals surface area contributed by atoms with Crippen LogP contribution in [0.3, 0.4) is 0 Å². The Morgan fingerprint density at radius 1 is 1.50 bits per heavy atom. The molecule has 0 unspecified atom stereocenters. The van der Waals surface area contributed by atoms with Crippen LogP contribution in [0.15, 0.2) is 18.2 Å². The molecule has 98 valence electrons. The van der Waals surface area contributed by atoms with Crippen LogP contribution in [0.5, 0.6) is 0 Å². The van der Waals surface area contributed by atoms with E-state index in [0.29, 0.717) is 11.5 Å². The van der Waals surface area contributed by atoms with E-state index in [2.05, 4.69) is 12.2 Å². The Labute approximate surface area is 112 Å². The van der Waals surface area contributed by atoms with E-state index in [1.165, 1.54) is 6.07 Å². The van der Waals surface area contributed by atoms with Crippen molar-refractivity contribution in [2.75, 3.05) is 0 Å². The van der Waals surface area contributed by atoms with Crippen molar-refractivity contribution in [2.24, 2.45) is 11.8 Å². The molecule has 1 fully saturated rings. The van der Waals surface area contributed by atoms with Crippen molar-refractivity contribution >= 4 is 17.5 Å². The summed E-state index contributed by atoms with van der Waals surface area (Å²) in [6.07, 6.45) is 3.14. The average Bonchev–Trinajstić information content (AvgIpc) is 2.77. The van der Waals surface area contributed by atoms with E-state index in [4.69, 9.17) is 11.6 Å². The van der Waals surface area contributed by atoms with Gasteiger partial charge in [-0.3, -0.25) is 4.79 Å². The molecule has 1 amide bonds. The molecule has 1 aliphatic rings. The van der Waals surface area contributed by atoms with Gasteiger partial charge in [-0.15, -0.1) is 0 Å². The molecule has 1 saturated carbocycles. The maximum atomic E-state index is 13.6. The van der Waals surface area contributed by atoms with Crippen molar-refractivity contribution < 1.29 is 9.18 Å². The van der Waals surface area contributed by atoms with Crippen molar-refractivity contribution in [2.45, 2.75) is 32.7 Å². The summed E-state index contributed by atoms with van der Waals surface area (Å²) < 4.78 is 13.6. The van der Waals surface area contributed by atoms with Gasteiger partial charge in [0.25, 0.3) is 0 Å². The summed E-state index contributed by atoms with van der Waals surface area (Å²) in [6.45, 7) is 2.30. The van der Waals surface area contributed by atoms with Gasteiger partial charge >= 0.3 is 0 Å². The lowest BCUT2D eigenvalue weighted by atomic mass is 9.97. The van der Waals surface area contributed by atoms with E-state index < -0.39 is 5.82 Å². The first-order chi connectivity index (χ1) is 8.59. The van der Waals surface area contributed by atoms with Crippen molar-refractivity contribution in [3.8, 4) is 0 Å². The SMILES string of the molecule is C[C@@H]1CCC[C@H]1C(=O)NCc1cccc(Cl)c1F. The van der Waals surface area contributed by atoms with E-state index in [-0.39, 0.29) is 23.4 Å². The van der Waals surface area contributed by atoms with E-state index in [1.54, 1.807) is 12.1 Å².